The lowest BCUT2D eigenvalue weighted by atomic mass is 9.90. The molecule has 2 fully saturated rings. The molecule has 1 amide bonds. The molecule has 0 unspecified atom stereocenters. The van der Waals surface area contributed by atoms with Crippen molar-refractivity contribution in [2.45, 2.75) is 54.9 Å². The van der Waals surface area contributed by atoms with Gasteiger partial charge in [-0.25, -0.2) is 9.52 Å². The van der Waals surface area contributed by atoms with E-state index in [1.165, 1.54) is 4.72 Å². The molecule has 9 N–H and O–H groups in total. The van der Waals surface area contributed by atoms with Gasteiger partial charge in [-0.2, -0.15) is 8.42 Å². The summed E-state index contributed by atoms with van der Waals surface area (Å²) >= 11 is 0. The number of aliphatic hydroxyl groups is 6. The summed E-state index contributed by atoms with van der Waals surface area (Å²) in [6, 6.07) is -2.03. The summed E-state index contributed by atoms with van der Waals surface area (Å²) in [4.78, 5) is 37.3. The van der Waals surface area contributed by atoms with Gasteiger partial charge in [-0.15, -0.1) is 0 Å². The molecule has 2 saturated heterocycles. The van der Waals surface area contributed by atoms with E-state index in [1.807, 2.05) is 4.98 Å². The summed E-state index contributed by atoms with van der Waals surface area (Å²) < 4.78 is 36.4. The molecule has 2 aliphatic heterocycles. The Morgan fingerprint density at radius 2 is 1.76 bits per heavy atom. The van der Waals surface area contributed by atoms with E-state index in [9.17, 15) is 53.4 Å². The van der Waals surface area contributed by atoms with Crippen LogP contribution in [0.1, 0.15) is 6.23 Å². The number of aromatic amines is 1. The van der Waals surface area contributed by atoms with Crippen molar-refractivity contribution in [2.75, 3.05) is 13.2 Å². The zero-order valence-corrected chi connectivity index (χ0v) is 18.0. The van der Waals surface area contributed by atoms with Crippen molar-refractivity contribution < 1.29 is 52.8 Å². The molecule has 2 aliphatic rings. The monoisotopic (exact) mass is 512 g/mol. The van der Waals surface area contributed by atoms with Crippen molar-refractivity contribution in [3.63, 3.8) is 0 Å². The molecular formula is C16H24N4O13S. The molecule has 0 radical (unpaired) electrons. The van der Waals surface area contributed by atoms with Crippen LogP contribution < -0.4 is 21.3 Å². The number of H-pyrrole nitrogens is 1. The summed E-state index contributed by atoms with van der Waals surface area (Å²) in [7, 11) is -4.88. The van der Waals surface area contributed by atoms with E-state index >= 15 is 0 Å². The van der Waals surface area contributed by atoms with Crippen LogP contribution in [0.5, 0.6) is 0 Å². The molecule has 192 valence electrons. The Labute approximate surface area is 190 Å². The Balaban J connectivity index is 1.63. The van der Waals surface area contributed by atoms with Crippen molar-refractivity contribution in [3.8, 4) is 0 Å². The minimum Gasteiger partial charge on any atom is -0.395 e. The fourth-order valence-corrected chi connectivity index (χ4v) is 4.30. The van der Waals surface area contributed by atoms with Crippen molar-refractivity contribution in [2.24, 2.45) is 0 Å². The maximum Gasteiger partial charge on any atom is 0.362 e. The highest BCUT2D eigenvalue weighted by Gasteiger charge is 2.47. The molecule has 18 heteroatoms. The predicted octanol–water partition coefficient (Wildman–Crippen LogP) is -7.05. The van der Waals surface area contributed by atoms with Crippen LogP contribution in [0.4, 0.5) is 0 Å². The van der Waals surface area contributed by atoms with Gasteiger partial charge in [0.15, 0.2) is 6.23 Å². The smallest absolute Gasteiger partial charge is 0.362 e. The third-order valence-electron chi connectivity index (χ3n) is 5.40. The van der Waals surface area contributed by atoms with E-state index in [0.29, 0.717) is 0 Å². The van der Waals surface area contributed by atoms with E-state index in [1.54, 1.807) is 0 Å². The lowest BCUT2D eigenvalue weighted by Gasteiger charge is -2.39. The molecule has 3 rings (SSSR count). The van der Waals surface area contributed by atoms with Gasteiger partial charge in [-0.1, -0.05) is 0 Å². The first kappa shape index (κ1) is 26.3. The average molecular weight is 512 g/mol. The largest absolute Gasteiger partial charge is 0.395 e. The topological polar surface area (TPSA) is 270 Å². The van der Waals surface area contributed by atoms with Gasteiger partial charge in [0.05, 0.1) is 19.3 Å². The predicted molar refractivity (Wildman–Crippen MR) is 106 cm³/mol. The molecule has 1 aromatic heterocycles. The number of carbonyl (C=O) groups excluding carboxylic acids is 1. The molecule has 17 nitrogen and oxygen atoms in total. The second-order valence-corrected chi connectivity index (χ2v) is 9.02. The van der Waals surface area contributed by atoms with Crippen LogP contribution in [0, 0.1) is 0 Å². The number of rotatable bonds is 7. The van der Waals surface area contributed by atoms with Crippen molar-refractivity contribution in [1.82, 2.24) is 19.6 Å². The summed E-state index contributed by atoms with van der Waals surface area (Å²) in [5.74, 6) is -1.39. The number of nitrogens with zero attached hydrogens (tertiary/aromatic N) is 1. The van der Waals surface area contributed by atoms with Crippen molar-refractivity contribution in [1.29, 1.82) is 0 Å². The third kappa shape index (κ3) is 5.35. The molecule has 34 heavy (non-hydrogen) atoms. The van der Waals surface area contributed by atoms with E-state index in [2.05, 4.69) is 9.50 Å². The van der Waals surface area contributed by atoms with Gasteiger partial charge in [-0.3, -0.25) is 28.6 Å². The SMILES string of the molecule is O=C(NS(=O)(=O)OC[C@H]1O[C@@H](n2ccc(=O)[nH]c2=O)[C@H](O)[C@@H]1O)[C@@H]1N[C@H](CO)[C@@H](O)[C@H](O)[C@H]1O. The van der Waals surface area contributed by atoms with Crippen LogP contribution >= 0.6 is 0 Å². The zero-order valence-electron chi connectivity index (χ0n) is 17.2. The van der Waals surface area contributed by atoms with Gasteiger partial charge in [0.25, 0.3) is 11.5 Å². The molecule has 0 spiro atoms. The van der Waals surface area contributed by atoms with Crippen LogP contribution in [0.15, 0.2) is 21.9 Å². The number of aromatic nitrogens is 2. The van der Waals surface area contributed by atoms with Crippen molar-refractivity contribution in [3.05, 3.63) is 33.1 Å². The van der Waals surface area contributed by atoms with Crippen LogP contribution in [0.3, 0.4) is 0 Å². The number of hydrogen-bond donors (Lipinski definition) is 9. The van der Waals surface area contributed by atoms with Crippen LogP contribution in [0.25, 0.3) is 0 Å². The number of amides is 1. The van der Waals surface area contributed by atoms with Crippen LogP contribution in [-0.4, -0.2) is 116 Å². The van der Waals surface area contributed by atoms with E-state index in [-0.39, 0.29) is 0 Å². The molecule has 3 heterocycles. The Kier molecular flexibility index (Phi) is 7.87. The quantitative estimate of drug-likeness (QED) is 0.164. The molecule has 0 aromatic carbocycles. The molecule has 9 atom stereocenters. The van der Waals surface area contributed by atoms with Gasteiger partial charge in [0.1, 0.15) is 42.7 Å². The Bertz CT molecular complexity index is 1100. The van der Waals surface area contributed by atoms with Gasteiger partial charge in [0.2, 0.25) is 0 Å². The second kappa shape index (κ2) is 10.2. The first-order chi connectivity index (χ1) is 15.9. The average Bonchev–Trinajstić information content (AvgIpc) is 3.04. The van der Waals surface area contributed by atoms with E-state index < -0.39 is 95.6 Å². The molecule has 0 bridgehead atoms. The highest BCUT2D eigenvalue weighted by atomic mass is 32.2. The second-order valence-electron chi connectivity index (χ2n) is 7.67. The molecule has 0 aliphatic carbocycles. The highest BCUT2D eigenvalue weighted by Crippen LogP contribution is 2.28. The summed E-state index contributed by atoms with van der Waals surface area (Å²) in [5, 5.41) is 61.2. The number of hydrogen-bond acceptors (Lipinski definition) is 14. The maximum atomic E-state index is 12.3. The standard InChI is InChI=1S/C16H24N4O13S/c21-3-5-9(23)12(26)11(25)8(17-5)14(28)19-34(30,31)32-4-6-10(24)13(27)15(33-6)20-2-1-7(22)18-16(20)29/h1-2,5-6,8-13,15,17,21,23-27H,3-4H2,(H,19,28)(H,18,22,29)/t5-,6-,8-,9-,10-,11+,12+,13-,15-/m1/s1. The normalized spacial score (nSPS) is 36.4. The van der Waals surface area contributed by atoms with Gasteiger partial charge in [0, 0.05) is 12.3 Å². The van der Waals surface area contributed by atoms with Crippen LogP contribution in [0.2, 0.25) is 0 Å². The van der Waals surface area contributed by atoms with E-state index in [0.717, 1.165) is 16.8 Å². The minimum atomic E-state index is -4.88. The number of carbonyl (C=O) groups is 1. The van der Waals surface area contributed by atoms with E-state index in [4.69, 9.17) is 4.74 Å². The lowest BCUT2D eigenvalue weighted by Crippen LogP contribution is -2.69. The van der Waals surface area contributed by atoms with Crippen molar-refractivity contribution >= 4 is 16.2 Å². The lowest BCUT2D eigenvalue weighted by molar-refractivity contribution is -0.143. The first-order valence-corrected chi connectivity index (χ1v) is 11.2. The van der Waals surface area contributed by atoms with Gasteiger partial charge >= 0.3 is 16.0 Å². The third-order valence-corrected chi connectivity index (χ3v) is 6.30. The number of nitrogens with one attached hydrogen (secondary N) is 3. The summed E-state index contributed by atoms with van der Waals surface area (Å²) in [6.07, 6.45) is -10.8. The highest BCUT2D eigenvalue weighted by molar-refractivity contribution is 7.85. The Morgan fingerprint density at radius 1 is 1.09 bits per heavy atom. The van der Waals surface area contributed by atoms with Gasteiger partial charge in [-0.05, 0) is 0 Å². The Hall–Kier alpha value is -2.26. The van der Waals surface area contributed by atoms with Gasteiger partial charge < -0.3 is 35.4 Å². The number of ether oxygens (including phenoxy) is 1. The maximum absolute atomic E-state index is 12.3. The minimum absolute atomic E-state index is 0.721. The number of aliphatic hydroxyl groups excluding tert-OH is 6. The summed E-state index contributed by atoms with van der Waals surface area (Å²) in [6.45, 7) is -1.66. The molecule has 1 aromatic rings. The first-order valence-electron chi connectivity index (χ1n) is 9.81. The van der Waals surface area contributed by atoms with Crippen LogP contribution in [-0.2, 0) is 24.0 Å². The molecule has 0 saturated carbocycles. The zero-order chi connectivity index (χ0) is 25.4. The molecular weight excluding hydrogens is 488 g/mol. The Morgan fingerprint density at radius 3 is 2.38 bits per heavy atom. The number of piperidine rings is 1. The fourth-order valence-electron chi connectivity index (χ4n) is 3.55. The summed E-state index contributed by atoms with van der Waals surface area (Å²) in [5.41, 5.74) is -1.68. The fraction of sp³-hybridized carbons (Fsp3) is 0.688.